The van der Waals surface area contributed by atoms with Gasteiger partial charge in [-0.25, -0.2) is 14.0 Å². The quantitative estimate of drug-likeness (QED) is 0.660. The van der Waals surface area contributed by atoms with Gasteiger partial charge in [-0.1, -0.05) is 36.4 Å². The van der Waals surface area contributed by atoms with Gasteiger partial charge in [0.15, 0.2) is 0 Å². The smallest absolute Gasteiger partial charge is 0.355 e. The molecule has 0 fully saturated rings. The van der Waals surface area contributed by atoms with Crippen LogP contribution in [0.3, 0.4) is 0 Å². The fourth-order valence-electron chi connectivity index (χ4n) is 3.45. The number of rotatable bonds is 4. The Kier molecular flexibility index (Phi) is 6.42. The Labute approximate surface area is 186 Å². The monoisotopic (exact) mass is 485 g/mol. The summed E-state index contributed by atoms with van der Waals surface area (Å²) in [5.74, 6) is -3.80. The summed E-state index contributed by atoms with van der Waals surface area (Å²) in [6, 6.07) is 14.7. The van der Waals surface area contributed by atoms with Crippen molar-refractivity contribution < 1.29 is 23.5 Å². The van der Waals surface area contributed by atoms with Crippen LogP contribution in [0.4, 0.5) is 10.1 Å². The first-order chi connectivity index (χ1) is 14.9. The Morgan fingerprint density at radius 3 is 2.29 bits per heavy atom. The molecule has 0 aliphatic carbocycles. The van der Waals surface area contributed by atoms with Crippen LogP contribution < -0.4 is 10.6 Å². The second-order valence-corrected chi connectivity index (χ2v) is 7.26. The maximum Gasteiger partial charge on any atom is 0.355 e. The van der Waals surface area contributed by atoms with Crippen LogP contribution in [0.15, 0.2) is 75.7 Å². The van der Waals surface area contributed by atoms with E-state index in [0.717, 1.165) is 25.2 Å². The topological polar surface area (TPSA) is 106 Å². The van der Waals surface area contributed by atoms with Gasteiger partial charge >= 0.3 is 11.9 Å². The number of carbonyl (C=O) groups excluding carboxylic acids is 2. The van der Waals surface area contributed by atoms with Gasteiger partial charge in [-0.15, -0.1) is 0 Å². The predicted octanol–water partition coefficient (Wildman–Crippen LogP) is 3.49. The Hall–Kier alpha value is -3.64. The summed E-state index contributed by atoms with van der Waals surface area (Å²) in [5.41, 5.74) is 6.11. The lowest BCUT2D eigenvalue weighted by atomic mass is 9.81. The van der Waals surface area contributed by atoms with Crippen molar-refractivity contribution >= 4 is 33.6 Å². The van der Waals surface area contributed by atoms with Crippen molar-refractivity contribution in [1.82, 2.24) is 0 Å². The average Bonchev–Trinajstić information content (AvgIpc) is 2.78. The molecule has 0 saturated carbocycles. The number of methoxy groups -OCH3 is 2. The minimum absolute atomic E-state index is 0.0468. The van der Waals surface area contributed by atoms with E-state index in [0.29, 0.717) is 5.56 Å². The highest BCUT2D eigenvalue weighted by Gasteiger charge is 2.44. The largest absolute Gasteiger partial charge is 0.466 e. The molecule has 1 atom stereocenters. The van der Waals surface area contributed by atoms with Crippen molar-refractivity contribution in [2.75, 3.05) is 19.1 Å². The molecule has 0 radical (unpaired) electrons. The van der Waals surface area contributed by atoms with E-state index in [2.05, 4.69) is 15.9 Å². The predicted molar refractivity (Wildman–Crippen MR) is 114 cm³/mol. The lowest BCUT2D eigenvalue weighted by Crippen LogP contribution is -2.41. The molecule has 1 aliphatic heterocycles. The first-order valence-electron chi connectivity index (χ1n) is 8.96. The highest BCUT2D eigenvalue weighted by Crippen LogP contribution is 2.45. The highest BCUT2D eigenvalue weighted by atomic mass is 79.9. The second kappa shape index (κ2) is 9.02. The van der Waals surface area contributed by atoms with Crippen LogP contribution in [0, 0.1) is 17.1 Å². The molecule has 1 heterocycles. The number of ether oxygens (including phenoxy) is 2. The number of allylic oxidation sites excluding steroid dienone is 1. The van der Waals surface area contributed by atoms with E-state index < -0.39 is 23.7 Å². The average molecular weight is 486 g/mol. The molecule has 0 saturated heterocycles. The third kappa shape index (κ3) is 3.78. The van der Waals surface area contributed by atoms with Gasteiger partial charge < -0.3 is 15.2 Å². The number of benzene rings is 2. The van der Waals surface area contributed by atoms with E-state index in [1.165, 1.54) is 12.1 Å². The van der Waals surface area contributed by atoms with E-state index >= 15 is 0 Å². The molecule has 2 aromatic carbocycles. The highest BCUT2D eigenvalue weighted by molar-refractivity contribution is 9.10. The number of hydrogen-bond acceptors (Lipinski definition) is 7. The number of esters is 2. The van der Waals surface area contributed by atoms with Gasteiger partial charge in [0.1, 0.15) is 17.3 Å². The minimum atomic E-state index is -1.02. The number of carbonyl (C=O) groups is 2. The summed E-state index contributed by atoms with van der Waals surface area (Å²) in [6.07, 6.45) is 0. The fourth-order valence-corrected chi connectivity index (χ4v) is 3.97. The molecular weight excluding hydrogens is 469 g/mol. The molecule has 0 aromatic heterocycles. The first kappa shape index (κ1) is 22.1. The number of hydrogen-bond donors (Lipinski definition) is 1. The molecular formula is C22H17BrFN3O4. The molecule has 0 spiro atoms. The number of nitriles is 1. The van der Waals surface area contributed by atoms with Crippen molar-refractivity contribution in [3.8, 4) is 6.07 Å². The van der Waals surface area contributed by atoms with Gasteiger partial charge in [-0.05, 0) is 33.6 Å². The van der Waals surface area contributed by atoms with Crippen LogP contribution in [0.5, 0.6) is 0 Å². The standard InChI is InChI=1S/C22H17BrFN3O4/c1-30-21(28)17-16(12-7-4-3-5-8-12)13(11-25)20(26)27(19(17)22(29)31-2)18-14(23)9-6-10-15(18)24/h3-10,16H,26H2,1-2H3. The normalized spacial score (nSPS) is 16.1. The fraction of sp³-hybridized carbons (Fsp3) is 0.136. The van der Waals surface area contributed by atoms with Gasteiger partial charge in [-0.3, -0.25) is 4.90 Å². The second-order valence-electron chi connectivity index (χ2n) is 6.41. The minimum Gasteiger partial charge on any atom is -0.466 e. The van der Waals surface area contributed by atoms with Crippen LogP contribution in [-0.4, -0.2) is 26.2 Å². The Morgan fingerprint density at radius 1 is 1.10 bits per heavy atom. The van der Waals surface area contributed by atoms with Gasteiger partial charge in [0, 0.05) is 4.47 Å². The number of para-hydroxylation sites is 1. The molecule has 3 rings (SSSR count). The lowest BCUT2D eigenvalue weighted by molar-refractivity contribution is -0.139. The molecule has 0 bridgehead atoms. The number of nitrogens with two attached hydrogens (primary N) is 1. The van der Waals surface area contributed by atoms with E-state index in [4.69, 9.17) is 15.2 Å². The Balaban J connectivity index is 2.47. The third-order valence-electron chi connectivity index (χ3n) is 4.77. The summed E-state index contributed by atoms with van der Waals surface area (Å²) < 4.78 is 25.0. The number of nitrogens with zero attached hydrogens (tertiary/aromatic N) is 2. The van der Waals surface area contributed by atoms with Crippen LogP contribution in [0.2, 0.25) is 0 Å². The van der Waals surface area contributed by atoms with Gasteiger partial charge in [0.05, 0.1) is 43.0 Å². The maximum absolute atomic E-state index is 14.9. The van der Waals surface area contributed by atoms with Crippen LogP contribution in [0.25, 0.3) is 0 Å². The molecule has 2 aromatic rings. The SMILES string of the molecule is COC(=O)C1=C(C(=O)OC)N(c2c(F)cccc2Br)C(N)=C(C#N)C1c1ccccc1. The van der Waals surface area contributed by atoms with Crippen molar-refractivity contribution in [2.45, 2.75) is 5.92 Å². The van der Waals surface area contributed by atoms with E-state index in [-0.39, 0.29) is 32.8 Å². The van der Waals surface area contributed by atoms with Crippen LogP contribution >= 0.6 is 15.9 Å². The van der Waals surface area contributed by atoms with Gasteiger partial charge in [0.25, 0.3) is 0 Å². The van der Waals surface area contributed by atoms with Crippen LogP contribution in [-0.2, 0) is 19.1 Å². The van der Waals surface area contributed by atoms with Crippen molar-refractivity contribution in [2.24, 2.45) is 5.73 Å². The zero-order valence-electron chi connectivity index (χ0n) is 16.6. The Bertz CT molecular complexity index is 1130. The van der Waals surface area contributed by atoms with Crippen molar-refractivity contribution in [3.05, 3.63) is 87.0 Å². The third-order valence-corrected chi connectivity index (χ3v) is 5.41. The Morgan fingerprint density at radius 2 is 1.74 bits per heavy atom. The molecule has 0 amide bonds. The molecule has 31 heavy (non-hydrogen) atoms. The lowest BCUT2D eigenvalue weighted by Gasteiger charge is -2.36. The van der Waals surface area contributed by atoms with Gasteiger partial charge in [-0.2, -0.15) is 5.26 Å². The molecule has 158 valence electrons. The maximum atomic E-state index is 14.9. The summed E-state index contributed by atoms with van der Waals surface area (Å²) in [6.45, 7) is 0. The first-order valence-corrected chi connectivity index (χ1v) is 9.76. The summed E-state index contributed by atoms with van der Waals surface area (Å²) in [5, 5.41) is 9.94. The summed E-state index contributed by atoms with van der Waals surface area (Å²) in [4.78, 5) is 26.8. The molecule has 1 unspecified atom stereocenters. The zero-order chi connectivity index (χ0) is 22.7. The number of halogens is 2. The van der Waals surface area contributed by atoms with Crippen LogP contribution in [0.1, 0.15) is 11.5 Å². The van der Waals surface area contributed by atoms with Crippen molar-refractivity contribution in [1.29, 1.82) is 5.26 Å². The zero-order valence-corrected chi connectivity index (χ0v) is 18.1. The van der Waals surface area contributed by atoms with E-state index in [1.807, 2.05) is 6.07 Å². The summed E-state index contributed by atoms with van der Waals surface area (Å²) in [7, 11) is 2.26. The molecule has 1 aliphatic rings. The summed E-state index contributed by atoms with van der Waals surface area (Å²) >= 11 is 3.25. The van der Waals surface area contributed by atoms with Crippen molar-refractivity contribution in [3.63, 3.8) is 0 Å². The van der Waals surface area contributed by atoms with Gasteiger partial charge in [0.2, 0.25) is 0 Å². The van der Waals surface area contributed by atoms with E-state index in [9.17, 15) is 19.2 Å². The molecule has 7 nitrogen and oxygen atoms in total. The number of anilines is 1. The molecule has 2 N–H and O–H groups in total. The molecule has 9 heteroatoms. The van der Waals surface area contributed by atoms with E-state index in [1.54, 1.807) is 30.3 Å².